The van der Waals surface area contributed by atoms with Gasteiger partial charge in [0.15, 0.2) is 10.8 Å². The van der Waals surface area contributed by atoms with E-state index in [2.05, 4.69) is 39.5 Å². The smallest absolute Gasteiger partial charge is 0.288 e. The van der Waals surface area contributed by atoms with Gasteiger partial charge in [-0.1, -0.05) is 37.2 Å². The van der Waals surface area contributed by atoms with Crippen molar-refractivity contribution in [2.45, 2.75) is 38.4 Å². The number of rotatable bonds is 11. The maximum absolute atomic E-state index is 12.4. The standard InChI is InChI=1S/C20H24ClN7O3S/c1-3-7-22-17-14-12-24-27(18(14)26-20(25-17)32-10-4-2)9-8-23-19(29)13-5-6-15(21)16(11-13)28(30)31/h5-6,11-12H,3-4,7-10H2,1-2H3,(H,23,29)(H,22,25,26). The van der Waals surface area contributed by atoms with Crippen LogP contribution < -0.4 is 10.6 Å². The van der Waals surface area contributed by atoms with Crippen molar-refractivity contribution in [2.75, 3.05) is 24.2 Å². The molecule has 0 aliphatic rings. The Morgan fingerprint density at radius 2 is 2.06 bits per heavy atom. The van der Waals surface area contributed by atoms with Gasteiger partial charge in [0.05, 0.1) is 23.1 Å². The van der Waals surface area contributed by atoms with Crippen LogP contribution in [0.2, 0.25) is 5.02 Å². The fraction of sp³-hybridized carbons (Fsp3) is 0.400. The Bertz CT molecular complexity index is 1120. The molecular formula is C20H24ClN7O3S. The summed E-state index contributed by atoms with van der Waals surface area (Å²) in [5.41, 5.74) is 0.546. The molecule has 32 heavy (non-hydrogen) atoms. The number of nitrogens with zero attached hydrogens (tertiary/aromatic N) is 5. The molecule has 0 saturated carbocycles. The highest BCUT2D eigenvalue weighted by Crippen LogP contribution is 2.26. The quantitative estimate of drug-likeness (QED) is 0.182. The minimum absolute atomic E-state index is 0.0153. The molecule has 0 fully saturated rings. The number of fused-ring (bicyclic) bond motifs is 1. The molecule has 1 aromatic carbocycles. The molecule has 10 nitrogen and oxygen atoms in total. The van der Waals surface area contributed by atoms with Crippen molar-refractivity contribution in [1.29, 1.82) is 0 Å². The van der Waals surface area contributed by atoms with E-state index in [-0.39, 0.29) is 22.8 Å². The average Bonchev–Trinajstić information content (AvgIpc) is 3.19. The van der Waals surface area contributed by atoms with Crippen LogP contribution in [0.3, 0.4) is 0 Å². The highest BCUT2D eigenvalue weighted by molar-refractivity contribution is 7.99. The number of hydrogen-bond donors (Lipinski definition) is 2. The predicted molar refractivity (Wildman–Crippen MR) is 126 cm³/mol. The molecule has 12 heteroatoms. The first-order chi connectivity index (χ1) is 15.4. The van der Waals surface area contributed by atoms with E-state index in [1.165, 1.54) is 12.1 Å². The highest BCUT2D eigenvalue weighted by Gasteiger charge is 2.17. The summed E-state index contributed by atoms with van der Waals surface area (Å²) in [6, 6.07) is 3.95. The van der Waals surface area contributed by atoms with E-state index in [0.717, 1.165) is 42.4 Å². The molecule has 0 aliphatic carbocycles. The van der Waals surface area contributed by atoms with Crippen LogP contribution >= 0.6 is 23.4 Å². The Kier molecular flexibility index (Phi) is 8.23. The first-order valence-electron chi connectivity index (χ1n) is 10.3. The second-order valence-electron chi connectivity index (χ2n) is 6.91. The van der Waals surface area contributed by atoms with Crippen molar-refractivity contribution < 1.29 is 9.72 Å². The molecule has 3 rings (SSSR count). The van der Waals surface area contributed by atoms with Gasteiger partial charge < -0.3 is 10.6 Å². The number of anilines is 1. The molecule has 0 bridgehead atoms. The fourth-order valence-electron chi connectivity index (χ4n) is 2.91. The summed E-state index contributed by atoms with van der Waals surface area (Å²) in [7, 11) is 0. The van der Waals surface area contributed by atoms with Crippen LogP contribution in [0.1, 0.15) is 37.0 Å². The molecule has 0 radical (unpaired) electrons. The molecule has 0 aliphatic heterocycles. The Labute approximate surface area is 194 Å². The van der Waals surface area contributed by atoms with E-state index in [0.29, 0.717) is 17.3 Å². The normalized spacial score (nSPS) is 11.0. The minimum Gasteiger partial charge on any atom is -0.369 e. The Morgan fingerprint density at radius 1 is 1.25 bits per heavy atom. The molecule has 2 N–H and O–H groups in total. The van der Waals surface area contributed by atoms with Crippen LogP contribution in [0.15, 0.2) is 29.6 Å². The lowest BCUT2D eigenvalue weighted by Crippen LogP contribution is -2.27. The van der Waals surface area contributed by atoms with Gasteiger partial charge in [-0.05, 0) is 25.0 Å². The second-order valence-corrected chi connectivity index (χ2v) is 8.38. The Hall–Kier alpha value is -2.92. The first-order valence-corrected chi connectivity index (χ1v) is 11.6. The highest BCUT2D eigenvalue weighted by atomic mass is 35.5. The van der Waals surface area contributed by atoms with Crippen molar-refractivity contribution in [2.24, 2.45) is 0 Å². The summed E-state index contributed by atoms with van der Waals surface area (Å²) in [4.78, 5) is 32.1. The molecule has 3 aromatic rings. The number of halogens is 1. The molecule has 170 valence electrons. The van der Waals surface area contributed by atoms with Crippen molar-refractivity contribution in [3.05, 3.63) is 45.1 Å². The van der Waals surface area contributed by atoms with Crippen LogP contribution in [0, 0.1) is 10.1 Å². The molecule has 0 unspecified atom stereocenters. The second kappa shape index (κ2) is 11.1. The van der Waals surface area contributed by atoms with E-state index in [4.69, 9.17) is 11.6 Å². The number of nitrogens with one attached hydrogen (secondary N) is 2. The zero-order valence-electron chi connectivity index (χ0n) is 17.8. The maximum atomic E-state index is 12.4. The van der Waals surface area contributed by atoms with Gasteiger partial charge >= 0.3 is 0 Å². The fourth-order valence-corrected chi connectivity index (χ4v) is 3.79. The third-order valence-corrected chi connectivity index (χ3v) is 5.84. The molecule has 0 spiro atoms. The molecule has 1 amide bonds. The Balaban J connectivity index is 1.74. The van der Waals surface area contributed by atoms with Crippen molar-refractivity contribution >= 4 is 51.8 Å². The largest absolute Gasteiger partial charge is 0.369 e. The SMILES string of the molecule is CCCNc1nc(SCCC)nc2c1cnn2CCNC(=O)c1ccc(Cl)c([N+](=O)[O-])c1. The first kappa shape index (κ1) is 23.7. The minimum atomic E-state index is -0.618. The third-order valence-electron chi connectivity index (χ3n) is 4.47. The van der Waals surface area contributed by atoms with Gasteiger partial charge in [0.25, 0.3) is 11.6 Å². The van der Waals surface area contributed by atoms with Crippen LogP contribution in [-0.2, 0) is 6.54 Å². The lowest BCUT2D eigenvalue weighted by molar-refractivity contribution is -0.384. The summed E-state index contributed by atoms with van der Waals surface area (Å²) >= 11 is 7.40. The topological polar surface area (TPSA) is 128 Å². The number of hydrogen-bond acceptors (Lipinski definition) is 8. The third kappa shape index (κ3) is 5.65. The number of thioether (sulfide) groups is 1. The van der Waals surface area contributed by atoms with Crippen molar-refractivity contribution in [3.63, 3.8) is 0 Å². The van der Waals surface area contributed by atoms with Gasteiger partial charge in [-0.15, -0.1) is 0 Å². The lowest BCUT2D eigenvalue weighted by Gasteiger charge is -2.09. The van der Waals surface area contributed by atoms with Crippen LogP contribution in [0.4, 0.5) is 11.5 Å². The maximum Gasteiger partial charge on any atom is 0.288 e. The lowest BCUT2D eigenvalue weighted by atomic mass is 10.2. The van der Waals surface area contributed by atoms with E-state index in [1.54, 1.807) is 22.6 Å². The molecule has 0 atom stereocenters. The number of nitro groups is 1. The van der Waals surface area contributed by atoms with Crippen molar-refractivity contribution in [1.82, 2.24) is 25.1 Å². The van der Waals surface area contributed by atoms with E-state index in [1.807, 2.05) is 0 Å². The summed E-state index contributed by atoms with van der Waals surface area (Å²) in [6.07, 6.45) is 3.69. The summed E-state index contributed by atoms with van der Waals surface area (Å²) in [5.74, 6) is 1.23. The van der Waals surface area contributed by atoms with Crippen LogP contribution in [0.25, 0.3) is 11.0 Å². The van der Waals surface area contributed by atoms with Gasteiger partial charge in [-0.25, -0.2) is 14.6 Å². The summed E-state index contributed by atoms with van der Waals surface area (Å²) in [5, 5.41) is 23.0. The van der Waals surface area contributed by atoms with Gasteiger partial charge in [0, 0.05) is 30.5 Å². The predicted octanol–water partition coefficient (Wildman–Crippen LogP) is 4.14. The summed E-state index contributed by atoms with van der Waals surface area (Å²) in [6.45, 7) is 5.63. The molecule has 2 heterocycles. The number of carbonyl (C=O) groups excluding carboxylic acids is 1. The zero-order valence-corrected chi connectivity index (χ0v) is 19.4. The number of benzene rings is 1. The van der Waals surface area contributed by atoms with E-state index >= 15 is 0 Å². The van der Waals surface area contributed by atoms with Gasteiger partial charge in [0.1, 0.15) is 10.8 Å². The number of amides is 1. The van der Waals surface area contributed by atoms with E-state index < -0.39 is 10.8 Å². The van der Waals surface area contributed by atoms with Crippen LogP contribution in [-0.4, -0.2) is 49.4 Å². The van der Waals surface area contributed by atoms with Crippen molar-refractivity contribution in [3.8, 4) is 0 Å². The van der Waals surface area contributed by atoms with Gasteiger partial charge in [0.2, 0.25) is 0 Å². The monoisotopic (exact) mass is 477 g/mol. The number of aromatic nitrogens is 4. The van der Waals surface area contributed by atoms with Crippen LogP contribution in [0.5, 0.6) is 0 Å². The zero-order chi connectivity index (χ0) is 23.1. The number of nitro benzene ring substituents is 1. The number of carbonyl (C=O) groups is 1. The molecule has 2 aromatic heterocycles. The molecule has 0 saturated heterocycles. The summed E-state index contributed by atoms with van der Waals surface area (Å²) < 4.78 is 1.72. The van der Waals surface area contributed by atoms with Gasteiger partial charge in [-0.3, -0.25) is 14.9 Å². The molecular weight excluding hydrogens is 454 g/mol. The Morgan fingerprint density at radius 3 is 2.78 bits per heavy atom. The van der Waals surface area contributed by atoms with E-state index in [9.17, 15) is 14.9 Å². The van der Waals surface area contributed by atoms with Gasteiger partial charge in [-0.2, -0.15) is 5.10 Å². The average molecular weight is 478 g/mol.